The van der Waals surface area contributed by atoms with Crippen LogP contribution in [0.15, 0.2) is 55.1 Å². The molecule has 1 heterocycles. The molecule has 0 fully saturated rings. The van der Waals surface area contributed by atoms with Crippen molar-refractivity contribution in [1.29, 1.82) is 5.26 Å². The van der Waals surface area contributed by atoms with Gasteiger partial charge in [0.2, 0.25) is 0 Å². The third-order valence-electron chi connectivity index (χ3n) is 4.37. The summed E-state index contributed by atoms with van der Waals surface area (Å²) in [6.07, 6.45) is 3.09. The van der Waals surface area contributed by atoms with E-state index in [0.29, 0.717) is 12.3 Å². The van der Waals surface area contributed by atoms with Crippen LogP contribution in [0.25, 0.3) is 0 Å². The SMILES string of the molecule is CC(C)(C#N)c1cc(COc2ccc(NS(=O)(=O)O)cc2)cc(Cn2cncn2)c1. The molecule has 0 bridgehead atoms. The van der Waals surface area contributed by atoms with E-state index in [1.165, 1.54) is 18.5 Å². The maximum absolute atomic E-state index is 10.9. The van der Waals surface area contributed by atoms with Crippen LogP contribution in [0.4, 0.5) is 5.69 Å². The van der Waals surface area contributed by atoms with Gasteiger partial charge in [0.1, 0.15) is 25.0 Å². The molecule has 0 saturated heterocycles. The van der Waals surface area contributed by atoms with Crippen molar-refractivity contribution in [2.24, 2.45) is 0 Å². The van der Waals surface area contributed by atoms with Crippen LogP contribution < -0.4 is 9.46 Å². The molecule has 2 aromatic carbocycles. The number of rotatable bonds is 8. The molecule has 0 saturated carbocycles. The summed E-state index contributed by atoms with van der Waals surface area (Å²) in [6, 6.07) is 14.3. The first-order valence-electron chi connectivity index (χ1n) is 9.00. The van der Waals surface area contributed by atoms with Crippen LogP contribution in [0.1, 0.15) is 30.5 Å². The summed E-state index contributed by atoms with van der Waals surface area (Å²) in [5, 5.41) is 13.6. The number of benzene rings is 2. The molecule has 0 aliphatic carbocycles. The van der Waals surface area contributed by atoms with Crippen LogP contribution in [0.5, 0.6) is 5.75 Å². The highest BCUT2D eigenvalue weighted by atomic mass is 32.2. The summed E-state index contributed by atoms with van der Waals surface area (Å²) in [7, 11) is -4.32. The van der Waals surface area contributed by atoms with Gasteiger partial charge in [-0.3, -0.25) is 9.27 Å². The second-order valence-corrected chi connectivity index (χ2v) is 8.41. The van der Waals surface area contributed by atoms with E-state index in [9.17, 15) is 13.7 Å². The van der Waals surface area contributed by atoms with Crippen molar-refractivity contribution in [3.8, 4) is 11.8 Å². The standard InChI is InChI=1S/C20H21N5O4S/c1-20(2,12-21)17-8-15(10-25-14-22-13-23-25)7-16(9-17)11-29-19-5-3-18(4-6-19)24-30(26,27)28/h3-9,13-14,24H,10-11H2,1-2H3,(H,26,27,28). The van der Waals surface area contributed by atoms with Gasteiger partial charge < -0.3 is 4.74 Å². The fourth-order valence-electron chi connectivity index (χ4n) is 2.80. The molecule has 30 heavy (non-hydrogen) atoms. The quantitative estimate of drug-likeness (QED) is 0.529. The van der Waals surface area contributed by atoms with E-state index < -0.39 is 15.7 Å². The normalized spacial score (nSPS) is 11.7. The second-order valence-electron chi connectivity index (χ2n) is 7.26. The van der Waals surface area contributed by atoms with Crippen molar-refractivity contribution in [3.63, 3.8) is 0 Å². The van der Waals surface area contributed by atoms with Crippen molar-refractivity contribution in [3.05, 3.63) is 71.8 Å². The van der Waals surface area contributed by atoms with E-state index in [1.54, 1.807) is 23.1 Å². The lowest BCUT2D eigenvalue weighted by molar-refractivity contribution is 0.306. The Morgan fingerprint density at radius 1 is 1.20 bits per heavy atom. The van der Waals surface area contributed by atoms with Crippen molar-refractivity contribution in [1.82, 2.24) is 14.8 Å². The Kier molecular flexibility index (Phi) is 6.05. The maximum atomic E-state index is 10.9. The average Bonchev–Trinajstić information content (AvgIpc) is 3.19. The van der Waals surface area contributed by atoms with Gasteiger partial charge in [-0.15, -0.1) is 0 Å². The molecule has 2 N–H and O–H groups in total. The summed E-state index contributed by atoms with van der Waals surface area (Å²) >= 11 is 0. The molecule has 0 radical (unpaired) electrons. The van der Waals surface area contributed by atoms with Crippen molar-refractivity contribution in [2.75, 3.05) is 4.72 Å². The number of ether oxygens (including phenoxy) is 1. The minimum Gasteiger partial charge on any atom is -0.489 e. The number of nitrogens with zero attached hydrogens (tertiary/aromatic N) is 4. The van der Waals surface area contributed by atoms with E-state index in [4.69, 9.17) is 9.29 Å². The summed E-state index contributed by atoms with van der Waals surface area (Å²) in [6.45, 7) is 4.48. The van der Waals surface area contributed by atoms with Gasteiger partial charge in [0, 0.05) is 0 Å². The Morgan fingerprint density at radius 2 is 1.90 bits per heavy atom. The topological polar surface area (TPSA) is 130 Å². The molecule has 156 valence electrons. The van der Waals surface area contributed by atoms with E-state index in [0.717, 1.165) is 16.7 Å². The summed E-state index contributed by atoms with van der Waals surface area (Å²) < 4.78 is 40.0. The second kappa shape index (κ2) is 8.52. The number of aromatic nitrogens is 3. The summed E-state index contributed by atoms with van der Waals surface area (Å²) in [5.74, 6) is 0.527. The molecule has 3 aromatic rings. The highest BCUT2D eigenvalue weighted by Crippen LogP contribution is 2.26. The molecule has 3 rings (SSSR count). The monoisotopic (exact) mass is 427 g/mol. The fourth-order valence-corrected chi connectivity index (χ4v) is 3.23. The molecular weight excluding hydrogens is 406 g/mol. The Bertz CT molecular complexity index is 1150. The van der Waals surface area contributed by atoms with Gasteiger partial charge in [0.25, 0.3) is 0 Å². The van der Waals surface area contributed by atoms with Gasteiger partial charge in [-0.2, -0.15) is 18.8 Å². The highest BCUT2D eigenvalue weighted by molar-refractivity contribution is 7.87. The molecule has 0 aliphatic heterocycles. The van der Waals surface area contributed by atoms with Crippen LogP contribution in [0.3, 0.4) is 0 Å². The van der Waals surface area contributed by atoms with Crippen molar-refractivity contribution >= 4 is 16.0 Å². The Hall–Kier alpha value is -3.42. The Balaban J connectivity index is 1.79. The zero-order valence-electron chi connectivity index (χ0n) is 16.5. The summed E-state index contributed by atoms with van der Waals surface area (Å²) in [5.41, 5.74) is 2.27. The van der Waals surface area contributed by atoms with Crippen LogP contribution in [0.2, 0.25) is 0 Å². The third-order valence-corrected chi connectivity index (χ3v) is 4.87. The molecule has 0 unspecified atom stereocenters. The first-order valence-corrected chi connectivity index (χ1v) is 10.4. The van der Waals surface area contributed by atoms with E-state index in [2.05, 4.69) is 16.2 Å². The lowest BCUT2D eigenvalue weighted by Crippen LogP contribution is -2.15. The first-order chi connectivity index (χ1) is 14.1. The van der Waals surface area contributed by atoms with Gasteiger partial charge in [-0.25, -0.2) is 9.67 Å². The number of nitrogens with one attached hydrogen (secondary N) is 1. The van der Waals surface area contributed by atoms with Crippen molar-refractivity contribution in [2.45, 2.75) is 32.4 Å². The largest absolute Gasteiger partial charge is 0.489 e. The number of nitriles is 1. The minimum atomic E-state index is -4.32. The molecule has 1 aromatic heterocycles. The van der Waals surface area contributed by atoms with Crippen molar-refractivity contribution < 1.29 is 17.7 Å². The fraction of sp³-hybridized carbons (Fsp3) is 0.250. The van der Waals surface area contributed by atoms with Gasteiger partial charge in [-0.05, 0) is 54.8 Å². The predicted molar refractivity (Wildman–Crippen MR) is 110 cm³/mol. The number of hydrogen-bond donors (Lipinski definition) is 2. The van der Waals surface area contributed by atoms with E-state index >= 15 is 0 Å². The van der Waals surface area contributed by atoms with Gasteiger partial charge in [0.05, 0.1) is 23.7 Å². The molecular formula is C20H21N5O4S. The van der Waals surface area contributed by atoms with Crippen LogP contribution >= 0.6 is 0 Å². The zero-order valence-corrected chi connectivity index (χ0v) is 17.3. The van der Waals surface area contributed by atoms with E-state index in [-0.39, 0.29) is 12.3 Å². The van der Waals surface area contributed by atoms with Gasteiger partial charge in [-0.1, -0.05) is 18.2 Å². The molecule has 0 amide bonds. The molecule has 0 spiro atoms. The molecule has 9 nitrogen and oxygen atoms in total. The minimum absolute atomic E-state index is 0.220. The molecule has 0 atom stereocenters. The first kappa shape index (κ1) is 21.3. The lowest BCUT2D eigenvalue weighted by atomic mass is 9.84. The summed E-state index contributed by atoms with van der Waals surface area (Å²) in [4.78, 5) is 3.95. The van der Waals surface area contributed by atoms with Crippen LogP contribution in [-0.4, -0.2) is 27.7 Å². The number of anilines is 1. The Morgan fingerprint density at radius 3 is 2.50 bits per heavy atom. The predicted octanol–water partition coefficient (Wildman–Crippen LogP) is 2.92. The molecule has 0 aliphatic rings. The van der Waals surface area contributed by atoms with Crippen LogP contribution in [0, 0.1) is 11.3 Å². The third kappa shape index (κ3) is 5.79. The van der Waals surface area contributed by atoms with E-state index in [1.807, 2.05) is 36.8 Å². The van der Waals surface area contributed by atoms with Gasteiger partial charge in [0.15, 0.2) is 0 Å². The Labute approximate surface area is 174 Å². The smallest absolute Gasteiger partial charge is 0.357 e. The lowest BCUT2D eigenvalue weighted by Gasteiger charge is -2.19. The highest BCUT2D eigenvalue weighted by Gasteiger charge is 2.21. The zero-order chi connectivity index (χ0) is 21.8. The number of hydrogen-bond acceptors (Lipinski definition) is 6. The average molecular weight is 427 g/mol. The maximum Gasteiger partial charge on any atom is 0.357 e. The van der Waals surface area contributed by atoms with Gasteiger partial charge >= 0.3 is 10.3 Å². The van der Waals surface area contributed by atoms with Crippen LogP contribution in [-0.2, 0) is 28.9 Å². The molecule has 10 heteroatoms.